The number of carbonyl (C=O) groups is 2. The number of anilines is 1. The van der Waals surface area contributed by atoms with Gasteiger partial charge in [0.05, 0.1) is 6.04 Å². The molecular weight excluding hydrogens is 400 g/mol. The molecule has 0 saturated carbocycles. The molecule has 3 heterocycles. The number of hydrogen-bond acceptors (Lipinski definition) is 5. The van der Waals surface area contributed by atoms with Crippen LogP contribution in [0.5, 0.6) is 5.75 Å². The monoisotopic (exact) mass is 424 g/mol. The molecule has 6 nitrogen and oxygen atoms in total. The summed E-state index contributed by atoms with van der Waals surface area (Å²) in [5.41, 5.74) is 1.89. The summed E-state index contributed by atoms with van der Waals surface area (Å²) in [4.78, 5) is 25.2. The number of nitrogens with one attached hydrogen (secondary N) is 2. The van der Waals surface area contributed by atoms with Crippen molar-refractivity contribution in [3.8, 4) is 5.75 Å². The molecule has 0 radical (unpaired) electrons. The molecule has 1 aromatic carbocycles. The summed E-state index contributed by atoms with van der Waals surface area (Å²) in [6, 6.07) is 13.0. The molecule has 2 N–H and O–H groups in total. The maximum absolute atomic E-state index is 12.7. The average molecular weight is 425 g/mol. The topological polar surface area (TPSA) is 80.6 Å². The lowest BCUT2D eigenvalue weighted by Crippen LogP contribution is -2.30. The first kappa shape index (κ1) is 20.2. The molecule has 30 heavy (non-hydrogen) atoms. The molecular formula is C23H24N2O4S. The third-order valence-electron chi connectivity index (χ3n) is 5.04. The van der Waals surface area contributed by atoms with Gasteiger partial charge in [0.2, 0.25) is 5.91 Å². The number of aryl methyl sites for hydroxylation is 1. The average Bonchev–Trinajstić information content (AvgIpc) is 3.42. The number of hydrogen-bond donors (Lipinski definition) is 2. The number of thiophene rings is 1. The third kappa shape index (κ3) is 4.57. The molecule has 0 saturated heterocycles. The van der Waals surface area contributed by atoms with Crippen molar-refractivity contribution in [2.45, 2.75) is 39.3 Å². The summed E-state index contributed by atoms with van der Waals surface area (Å²) in [7, 11) is 0. The Morgan fingerprint density at radius 2 is 2.10 bits per heavy atom. The van der Waals surface area contributed by atoms with Gasteiger partial charge in [-0.1, -0.05) is 19.9 Å². The standard InChI is InChI=1S/C23H24N2O4S/c1-14(2)22(20-4-3-11-30-20)25-23(27)19-9-7-17(29-19)13-28-16-6-8-18-15(12-16)5-10-21(26)24-18/h3-4,6-9,11-12,14,22H,5,10,13H2,1-2H3,(H,24,26)(H,25,27)/t22-/m1/s1. The number of benzene rings is 1. The van der Waals surface area contributed by atoms with E-state index < -0.39 is 0 Å². The van der Waals surface area contributed by atoms with E-state index in [-0.39, 0.29) is 36.1 Å². The van der Waals surface area contributed by atoms with Crippen LogP contribution in [0.2, 0.25) is 0 Å². The van der Waals surface area contributed by atoms with Crippen LogP contribution in [0.3, 0.4) is 0 Å². The first-order chi connectivity index (χ1) is 14.5. The third-order valence-corrected chi connectivity index (χ3v) is 6.00. The van der Waals surface area contributed by atoms with Gasteiger partial charge in [-0.05, 0) is 59.7 Å². The van der Waals surface area contributed by atoms with E-state index >= 15 is 0 Å². The molecule has 0 bridgehead atoms. The molecule has 1 aliphatic heterocycles. The van der Waals surface area contributed by atoms with Gasteiger partial charge in [-0.25, -0.2) is 0 Å². The van der Waals surface area contributed by atoms with Crippen LogP contribution in [-0.2, 0) is 17.8 Å². The second-order valence-corrected chi connectivity index (χ2v) is 8.61. The molecule has 1 atom stereocenters. The van der Waals surface area contributed by atoms with Crippen LogP contribution in [0.1, 0.15) is 53.1 Å². The van der Waals surface area contributed by atoms with Gasteiger partial charge in [0.1, 0.15) is 18.1 Å². The van der Waals surface area contributed by atoms with E-state index in [4.69, 9.17) is 9.15 Å². The lowest BCUT2D eigenvalue weighted by Gasteiger charge is -2.20. The largest absolute Gasteiger partial charge is 0.486 e. The molecule has 2 aromatic heterocycles. The van der Waals surface area contributed by atoms with Crippen LogP contribution >= 0.6 is 11.3 Å². The lowest BCUT2D eigenvalue weighted by atomic mass is 10.0. The van der Waals surface area contributed by atoms with Crippen molar-refractivity contribution in [1.82, 2.24) is 5.32 Å². The van der Waals surface area contributed by atoms with Crippen LogP contribution in [0.15, 0.2) is 52.3 Å². The fraction of sp³-hybridized carbons (Fsp3) is 0.304. The van der Waals surface area contributed by atoms with Gasteiger partial charge < -0.3 is 19.8 Å². The van der Waals surface area contributed by atoms with Crippen molar-refractivity contribution in [2.24, 2.45) is 5.92 Å². The van der Waals surface area contributed by atoms with Crippen LogP contribution in [0.25, 0.3) is 0 Å². The number of rotatable bonds is 7. The van der Waals surface area contributed by atoms with Crippen molar-refractivity contribution in [1.29, 1.82) is 0 Å². The molecule has 0 aliphatic carbocycles. The maximum Gasteiger partial charge on any atom is 0.287 e. The maximum atomic E-state index is 12.7. The van der Waals surface area contributed by atoms with Gasteiger partial charge in [0, 0.05) is 17.0 Å². The van der Waals surface area contributed by atoms with Crippen molar-refractivity contribution < 1.29 is 18.7 Å². The summed E-state index contributed by atoms with van der Waals surface area (Å²) in [5, 5.41) is 7.92. The Balaban J connectivity index is 1.37. The quantitative estimate of drug-likeness (QED) is 0.563. The highest BCUT2D eigenvalue weighted by Crippen LogP contribution is 2.28. The van der Waals surface area contributed by atoms with E-state index in [0.29, 0.717) is 24.4 Å². The molecule has 0 unspecified atom stereocenters. The highest BCUT2D eigenvalue weighted by atomic mass is 32.1. The number of carbonyl (C=O) groups excluding carboxylic acids is 2. The summed E-state index contributed by atoms with van der Waals surface area (Å²) in [6.07, 6.45) is 1.18. The zero-order valence-electron chi connectivity index (χ0n) is 16.9. The fourth-order valence-electron chi connectivity index (χ4n) is 3.43. The SMILES string of the molecule is CC(C)[C@@H](NC(=O)c1ccc(COc2ccc3c(c2)CCC(=O)N3)o1)c1cccs1. The predicted molar refractivity (Wildman–Crippen MR) is 116 cm³/mol. The van der Waals surface area contributed by atoms with Crippen molar-refractivity contribution in [2.75, 3.05) is 5.32 Å². The minimum atomic E-state index is -0.238. The highest BCUT2D eigenvalue weighted by molar-refractivity contribution is 7.10. The number of ether oxygens (including phenoxy) is 1. The first-order valence-corrected chi connectivity index (χ1v) is 10.9. The van der Waals surface area contributed by atoms with E-state index in [1.54, 1.807) is 23.5 Å². The summed E-state index contributed by atoms with van der Waals surface area (Å²) in [6.45, 7) is 4.38. The van der Waals surface area contributed by atoms with Gasteiger partial charge in [0.25, 0.3) is 5.91 Å². The van der Waals surface area contributed by atoms with Crippen LogP contribution < -0.4 is 15.4 Å². The zero-order chi connectivity index (χ0) is 21.1. The zero-order valence-corrected chi connectivity index (χ0v) is 17.8. The van der Waals surface area contributed by atoms with Gasteiger partial charge in [-0.15, -0.1) is 11.3 Å². The molecule has 0 spiro atoms. The molecule has 7 heteroatoms. The number of furan rings is 1. The second-order valence-electron chi connectivity index (χ2n) is 7.63. The van der Waals surface area contributed by atoms with Crippen molar-refractivity contribution in [3.05, 3.63) is 69.8 Å². The molecule has 3 aromatic rings. The predicted octanol–water partition coefficient (Wildman–Crippen LogP) is 4.93. The Morgan fingerprint density at radius 3 is 2.87 bits per heavy atom. The molecule has 0 fully saturated rings. The van der Waals surface area contributed by atoms with Crippen LogP contribution in [0, 0.1) is 5.92 Å². The van der Waals surface area contributed by atoms with E-state index in [0.717, 1.165) is 16.1 Å². The molecule has 4 rings (SSSR count). The summed E-state index contributed by atoms with van der Waals surface area (Å²) >= 11 is 1.63. The minimum absolute atomic E-state index is 0.0383. The summed E-state index contributed by atoms with van der Waals surface area (Å²) in [5.74, 6) is 1.60. The van der Waals surface area contributed by atoms with Crippen molar-refractivity contribution in [3.63, 3.8) is 0 Å². The second kappa shape index (κ2) is 8.75. The summed E-state index contributed by atoms with van der Waals surface area (Å²) < 4.78 is 11.5. The van der Waals surface area contributed by atoms with E-state index in [2.05, 4.69) is 24.5 Å². The number of amides is 2. The van der Waals surface area contributed by atoms with Gasteiger partial charge >= 0.3 is 0 Å². The highest BCUT2D eigenvalue weighted by Gasteiger charge is 2.22. The Labute approximate surface area is 179 Å². The van der Waals surface area contributed by atoms with Gasteiger partial charge in [-0.3, -0.25) is 9.59 Å². The van der Waals surface area contributed by atoms with E-state index in [1.807, 2.05) is 35.7 Å². The van der Waals surface area contributed by atoms with Crippen LogP contribution in [-0.4, -0.2) is 11.8 Å². The Hall–Kier alpha value is -3.06. The Kier molecular flexibility index (Phi) is 5.90. The fourth-order valence-corrected chi connectivity index (χ4v) is 4.38. The van der Waals surface area contributed by atoms with Gasteiger partial charge in [-0.2, -0.15) is 0 Å². The normalized spacial score (nSPS) is 14.2. The van der Waals surface area contributed by atoms with E-state index in [9.17, 15) is 9.59 Å². The first-order valence-electron chi connectivity index (χ1n) is 9.98. The molecule has 156 valence electrons. The van der Waals surface area contributed by atoms with Crippen molar-refractivity contribution >= 4 is 28.8 Å². The molecule has 2 amide bonds. The Morgan fingerprint density at radius 1 is 1.23 bits per heavy atom. The van der Waals surface area contributed by atoms with E-state index in [1.165, 1.54) is 0 Å². The number of fused-ring (bicyclic) bond motifs is 1. The lowest BCUT2D eigenvalue weighted by molar-refractivity contribution is -0.116. The van der Waals surface area contributed by atoms with Gasteiger partial charge in [0.15, 0.2) is 5.76 Å². The smallest absolute Gasteiger partial charge is 0.287 e. The Bertz CT molecular complexity index is 1040. The van der Waals surface area contributed by atoms with Crippen LogP contribution in [0.4, 0.5) is 5.69 Å². The molecule has 1 aliphatic rings. The minimum Gasteiger partial charge on any atom is -0.486 e.